The third-order valence-electron chi connectivity index (χ3n) is 3.22. The van der Waals surface area contributed by atoms with E-state index in [2.05, 4.69) is 12.2 Å². The summed E-state index contributed by atoms with van der Waals surface area (Å²) in [6.45, 7) is 3.63. The van der Waals surface area contributed by atoms with E-state index in [9.17, 15) is 4.79 Å². The van der Waals surface area contributed by atoms with Gasteiger partial charge in [-0.15, -0.1) is 0 Å². The van der Waals surface area contributed by atoms with Crippen LogP contribution in [0.25, 0.3) is 0 Å². The van der Waals surface area contributed by atoms with Gasteiger partial charge in [0.25, 0.3) is 0 Å². The third kappa shape index (κ3) is 7.54. The maximum Gasteiger partial charge on any atom is 0.509 e. The van der Waals surface area contributed by atoms with Gasteiger partial charge < -0.3 is 9.47 Å². The lowest BCUT2D eigenvalue weighted by atomic mass is 10.1. The smallest absolute Gasteiger partial charge is 0.434 e. The number of nitrogens with one attached hydrogen (secondary N) is 1. The average molecular weight is 257 g/mol. The molecule has 1 rings (SSSR count). The summed E-state index contributed by atoms with van der Waals surface area (Å²) in [4.78, 5) is 11.3. The molecule has 1 atom stereocenters. The molecule has 4 nitrogen and oxygen atoms in total. The fourth-order valence-corrected chi connectivity index (χ4v) is 2.12. The van der Waals surface area contributed by atoms with Crippen molar-refractivity contribution in [3.05, 3.63) is 0 Å². The lowest BCUT2D eigenvalue weighted by molar-refractivity contribution is 0.0179. The number of hydrogen-bond acceptors (Lipinski definition) is 4. The van der Waals surface area contributed by atoms with E-state index in [4.69, 9.17) is 9.47 Å². The number of unbranched alkanes of at least 4 members (excludes halogenated alkanes) is 6. The number of ether oxygens (including phenoxy) is 2. The molecule has 1 fully saturated rings. The Morgan fingerprint density at radius 1 is 1.17 bits per heavy atom. The van der Waals surface area contributed by atoms with Crippen molar-refractivity contribution in [2.45, 2.75) is 70.9 Å². The number of hydrogen-bond donors (Lipinski definition) is 1. The summed E-state index contributed by atoms with van der Waals surface area (Å²) in [6.07, 6.45) is 9.85. The lowest BCUT2D eigenvalue weighted by Gasteiger charge is -2.11. The van der Waals surface area contributed by atoms with Gasteiger partial charge in [0, 0.05) is 0 Å². The van der Waals surface area contributed by atoms with Crippen molar-refractivity contribution >= 4 is 6.16 Å². The Morgan fingerprint density at radius 2 is 1.89 bits per heavy atom. The second-order valence-corrected chi connectivity index (χ2v) is 4.92. The molecule has 106 valence electrons. The van der Waals surface area contributed by atoms with Crippen LogP contribution in [0.15, 0.2) is 0 Å². The summed E-state index contributed by atoms with van der Waals surface area (Å²) in [7, 11) is 0. The Bertz CT molecular complexity index is 215. The van der Waals surface area contributed by atoms with Gasteiger partial charge in [0.2, 0.25) is 0 Å². The molecule has 0 aromatic rings. The van der Waals surface area contributed by atoms with E-state index < -0.39 is 6.16 Å². The van der Waals surface area contributed by atoms with E-state index in [1.165, 1.54) is 32.1 Å². The van der Waals surface area contributed by atoms with E-state index in [0.29, 0.717) is 6.61 Å². The van der Waals surface area contributed by atoms with Crippen LogP contribution in [0.4, 0.5) is 4.79 Å². The van der Waals surface area contributed by atoms with Crippen molar-refractivity contribution in [1.82, 2.24) is 5.32 Å². The van der Waals surface area contributed by atoms with Crippen LogP contribution in [0.3, 0.4) is 0 Å². The van der Waals surface area contributed by atoms with Crippen molar-refractivity contribution in [2.24, 2.45) is 0 Å². The minimum absolute atomic E-state index is 0.133. The molecule has 4 heteroatoms. The summed E-state index contributed by atoms with van der Waals surface area (Å²) >= 11 is 0. The molecular weight excluding hydrogens is 230 g/mol. The predicted molar refractivity (Wildman–Crippen MR) is 71.5 cm³/mol. The largest absolute Gasteiger partial charge is 0.509 e. The third-order valence-corrected chi connectivity index (χ3v) is 3.22. The van der Waals surface area contributed by atoms with Crippen LogP contribution in [0.5, 0.6) is 0 Å². The van der Waals surface area contributed by atoms with E-state index >= 15 is 0 Å². The van der Waals surface area contributed by atoms with Crippen LogP contribution >= 0.6 is 0 Å². The van der Waals surface area contributed by atoms with Gasteiger partial charge in [0.05, 0.1) is 6.61 Å². The number of carbonyl (C=O) groups excluding carboxylic acids is 1. The maximum absolute atomic E-state index is 11.3. The first-order valence-electron chi connectivity index (χ1n) is 7.39. The molecule has 1 aliphatic rings. The van der Waals surface area contributed by atoms with Gasteiger partial charge in [-0.3, -0.25) is 5.32 Å². The van der Waals surface area contributed by atoms with Crippen molar-refractivity contribution in [1.29, 1.82) is 0 Å². The summed E-state index contributed by atoms with van der Waals surface area (Å²) in [5, 5.41) is 3.09. The van der Waals surface area contributed by atoms with E-state index in [0.717, 1.165) is 32.2 Å². The topological polar surface area (TPSA) is 47.6 Å². The van der Waals surface area contributed by atoms with Gasteiger partial charge in [0.1, 0.15) is 0 Å². The van der Waals surface area contributed by atoms with Gasteiger partial charge in [-0.05, 0) is 25.8 Å². The molecule has 1 heterocycles. The minimum Gasteiger partial charge on any atom is -0.434 e. The van der Waals surface area contributed by atoms with Gasteiger partial charge in [-0.25, -0.2) is 4.79 Å². The molecule has 0 bridgehead atoms. The Hall–Kier alpha value is -0.770. The zero-order valence-corrected chi connectivity index (χ0v) is 11.6. The van der Waals surface area contributed by atoms with Crippen LogP contribution in [0.1, 0.15) is 64.7 Å². The Kier molecular flexibility index (Phi) is 8.65. The van der Waals surface area contributed by atoms with Crippen LogP contribution in [0.2, 0.25) is 0 Å². The van der Waals surface area contributed by atoms with Gasteiger partial charge in [-0.2, -0.15) is 0 Å². The van der Waals surface area contributed by atoms with E-state index in [-0.39, 0.29) is 6.23 Å². The van der Waals surface area contributed by atoms with E-state index in [1.807, 2.05) is 0 Å². The highest BCUT2D eigenvalue weighted by Gasteiger charge is 2.18. The fourth-order valence-electron chi connectivity index (χ4n) is 2.12. The van der Waals surface area contributed by atoms with Gasteiger partial charge in [-0.1, -0.05) is 45.4 Å². The van der Waals surface area contributed by atoms with Crippen molar-refractivity contribution in [2.75, 3.05) is 13.2 Å². The van der Waals surface area contributed by atoms with Crippen molar-refractivity contribution in [3.63, 3.8) is 0 Å². The molecule has 1 unspecified atom stereocenters. The molecule has 0 spiro atoms. The van der Waals surface area contributed by atoms with Crippen LogP contribution in [-0.2, 0) is 9.47 Å². The number of carbonyl (C=O) groups is 1. The maximum atomic E-state index is 11.3. The predicted octanol–water partition coefficient (Wildman–Crippen LogP) is 3.60. The highest BCUT2D eigenvalue weighted by Crippen LogP contribution is 2.09. The zero-order chi connectivity index (χ0) is 13.1. The monoisotopic (exact) mass is 257 g/mol. The number of rotatable bonds is 9. The summed E-state index contributed by atoms with van der Waals surface area (Å²) < 4.78 is 10.1. The van der Waals surface area contributed by atoms with Crippen LogP contribution in [-0.4, -0.2) is 25.5 Å². The Labute approximate surface area is 110 Å². The summed E-state index contributed by atoms with van der Waals surface area (Å²) in [5.41, 5.74) is 0. The molecule has 1 N–H and O–H groups in total. The minimum atomic E-state index is -0.527. The Morgan fingerprint density at radius 3 is 2.56 bits per heavy atom. The van der Waals surface area contributed by atoms with Crippen LogP contribution < -0.4 is 5.32 Å². The average Bonchev–Trinajstić information content (AvgIpc) is 2.85. The first-order chi connectivity index (χ1) is 8.83. The molecule has 0 radical (unpaired) electrons. The quantitative estimate of drug-likeness (QED) is 0.506. The summed E-state index contributed by atoms with van der Waals surface area (Å²) in [5.74, 6) is 0. The van der Waals surface area contributed by atoms with Crippen molar-refractivity contribution < 1.29 is 14.3 Å². The Balaban J connectivity index is 1.83. The molecule has 0 aliphatic carbocycles. The fraction of sp³-hybridized carbons (Fsp3) is 0.929. The molecule has 0 aromatic heterocycles. The highest BCUT2D eigenvalue weighted by atomic mass is 16.7. The first-order valence-corrected chi connectivity index (χ1v) is 7.39. The lowest BCUT2D eigenvalue weighted by Crippen LogP contribution is -2.28. The molecule has 0 aromatic carbocycles. The molecule has 1 saturated heterocycles. The first kappa shape index (κ1) is 15.3. The van der Waals surface area contributed by atoms with Gasteiger partial charge >= 0.3 is 6.16 Å². The highest BCUT2D eigenvalue weighted by molar-refractivity contribution is 5.60. The summed E-state index contributed by atoms with van der Waals surface area (Å²) in [6, 6.07) is 0. The van der Waals surface area contributed by atoms with Gasteiger partial charge in [0.15, 0.2) is 6.23 Å². The van der Waals surface area contributed by atoms with E-state index in [1.54, 1.807) is 0 Å². The standard InChI is InChI=1S/C14H27NO3/c1-2-3-4-5-6-7-8-12-17-14(16)18-13-10-9-11-15-13/h13,15H,2-12H2,1H3. The second kappa shape index (κ2) is 10.2. The molecule has 1 aliphatic heterocycles. The second-order valence-electron chi connectivity index (χ2n) is 4.92. The SMILES string of the molecule is CCCCCCCCCOC(=O)OC1CCCN1. The normalized spacial score (nSPS) is 18.8. The molecular formula is C14H27NO3. The van der Waals surface area contributed by atoms with Crippen molar-refractivity contribution in [3.8, 4) is 0 Å². The molecule has 18 heavy (non-hydrogen) atoms. The zero-order valence-electron chi connectivity index (χ0n) is 11.6. The van der Waals surface area contributed by atoms with Crippen LogP contribution in [0, 0.1) is 0 Å². The molecule has 0 amide bonds. The molecule has 0 saturated carbocycles.